The van der Waals surface area contributed by atoms with Crippen LogP contribution in [0.15, 0.2) is 33.8 Å². The SMILES string of the molecule is CCc1noc(CC)c1CNC(=NC)NCc1ccc(CN2CCCC2)cc1.I. The lowest BCUT2D eigenvalue weighted by Gasteiger charge is -2.15. The Balaban J connectivity index is 0.00000300. The van der Waals surface area contributed by atoms with Gasteiger partial charge in [0.05, 0.1) is 5.69 Å². The maximum Gasteiger partial charge on any atom is 0.191 e. The summed E-state index contributed by atoms with van der Waals surface area (Å²) in [6.07, 6.45) is 4.39. The summed E-state index contributed by atoms with van der Waals surface area (Å²) in [6, 6.07) is 8.89. The van der Waals surface area contributed by atoms with Crippen molar-refractivity contribution in [2.75, 3.05) is 20.1 Å². The third-order valence-corrected chi connectivity index (χ3v) is 5.35. The van der Waals surface area contributed by atoms with Crippen LogP contribution in [-0.4, -0.2) is 36.2 Å². The first kappa shape index (κ1) is 23.7. The van der Waals surface area contributed by atoms with Crippen molar-refractivity contribution >= 4 is 29.9 Å². The Hall–Kier alpha value is -1.61. The quantitative estimate of drug-likeness (QED) is 0.320. The Bertz CT molecular complexity index is 745. The van der Waals surface area contributed by atoms with Crippen molar-refractivity contribution in [2.24, 2.45) is 4.99 Å². The molecule has 1 aliphatic rings. The van der Waals surface area contributed by atoms with E-state index in [-0.39, 0.29) is 24.0 Å². The summed E-state index contributed by atoms with van der Waals surface area (Å²) in [5, 5.41) is 10.9. The fourth-order valence-corrected chi connectivity index (χ4v) is 3.68. The van der Waals surface area contributed by atoms with Crippen molar-refractivity contribution < 1.29 is 4.52 Å². The molecule has 7 heteroatoms. The van der Waals surface area contributed by atoms with Crippen LogP contribution in [0, 0.1) is 0 Å². The Morgan fingerprint density at radius 2 is 1.69 bits per heavy atom. The van der Waals surface area contributed by atoms with Crippen LogP contribution in [0.4, 0.5) is 0 Å². The molecule has 0 unspecified atom stereocenters. The van der Waals surface area contributed by atoms with Crippen LogP contribution in [0.5, 0.6) is 0 Å². The van der Waals surface area contributed by atoms with E-state index in [0.717, 1.165) is 48.9 Å². The van der Waals surface area contributed by atoms with Gasteiger partial charge < -0.3 is 15.2 Å². The van der Waals surface area contributed by atoms with Gasteiger partial charge in [0.15, 0.2) is 5.96 Å². The molecule has 2 aromatic rings. The van der Waals surface area contributed by atoms with Crippen LogP contribution in [0.3, 0.4) is 0 Å². The number of likely N-dealkylation sites (tertiary alicyclic amines) is 1. The highest BCUT2D eigenvalue weighted by Crippen LogP contribution is 2.16. The second kappa shape index (κ2) is 12.2. The average Bonchev–Trinajstić information content (AvgIpc) is 3.38. The maximum absolute atomic E-state index is 5.44. The highest BCUT2D eigenvalue weighted by Gasteiger charge is 2.14. The molecule has 0 saturated carbocycles. The van der Waals surface area contributed by atoms with Crippen molar-refractivity contribution in [1.82, 2.24) is 20.7 Å². The molecule has 0 bridgehead atoms. The summed E-state index contributed by atoms with van der Waals surface area (Å²) in [6.45, 7) is 9.13. The number of aliphatic imine (C=N–C) groups is 1. The molecule has 1 fully saturated rings. The second-order valence-corrected chi connectivity index (χ2v) is 7.32. The first-order valence-electron chi connectivity index (χ1n) is 10.4. The summed E-state index contributed by atoms with van der Waals surface area (Å²) >= 11 is 0. The zero-order chi connectivity index (χ0) is 19.8. The van der Waals surface area contributed by atoms with E-state index >= 15 is 0 Å². The molecule has 160 valence electrons. The fraction of sp³-hybridized carbons (Fsp3) is 0.545. The Morgan fingerprint density at radius 1 is 1.03 bits per heavy atom. The smallest absolute Gasteiger partial charge is 0.191 e. The van der Waals surface area contributed by atoms with Crippen molar-refractivity contribution in [3.05, 3.63) is 52.4 Å². The molecule has 2 heterocycles. The van der Waals surface area contributed by atoms with Gasteiger partial charge >= 0.3 is 0 Å². The van der Waals surface area contributed by atoms with Crippen LogP contribution in [0.2, 0.25) is 0 Å². The number of guanidine groups is 1. The lowest BCUT2D eigenvalue weighted by atomic mass is 10.1. The number of halogens is 1. The normalized spacial score (nSPS) is 14.7. The van der Waals surface area contributed by atoms with Crippen LogP contribution in [0.1, 0.15) is 54.8 Å². The number of aryl methyl sites for hydroxylation is 2. The first-order chi connectivity index (χ1) is 13.7. The van der Waals surface area contributed by atoms with Gasteiger partial charge in [-0.05, 0) is 43.5 Å². The predicted molar refractivity (Wildman–Crippen MR) is 129 cm³/mol. The number of aromatic nitrogens is 1. The van der Waals surface area contributed by atoms with Crippen LogP contribution in [-0.2, 0) is 32.5 Å². The van der Waals surface area contributed by atoms with E-state index in [2.05, 4.69) is 63.8 Å². The highest BCUT2D eigenvalue weighted by atomic mass is 127. The fourth-order valence-electron chi connectivity index (χ4n) is 3.68. The van der Waals surface area contributed by atoms with Crippen LogP contribution >= 0.6 is 24.0 Å². The van der Waals surface area contributed by atoms with Crippen molar-refractivity contribution in [3.8, 4) is 0 Å². The van der Waals surface area contributed by atoms with Gasteiger partial charge in [-0.2, -0.15) is 0 Å². The van der Waals surface area contributed by atoms with Crippen LogP contribution < -0.4 is 10.6 Å². The van der Waals surface area contributed by atoms with E-state index in [1.165, 1.54) is 37.1 Å². The standard InChI is InChI=1S/C22H33N5O.HI/c1-4-20-19(21(5-2)28-26-20)15-25-22(23-3)24-14-17-8-10-18(11-9-17)16-27-12-6-7-13-27;/h8-11H,4-7,12-16H2,1-3H3,(H2,23,24,25);1H. The van der Waals surface area contributed by atoms with Crippen molar-refractivity contribution in [2.45, 2.75) is 59.2 Å². The minimum absolute atomic E-state index is 0. The molecule has 0 aliphatic carbocycles. The molecule has 6 nitrogen and oxygen atoms in total. The predicted octanol–water partition coefficient (Wildman–Crippen LogP) is 3.88. The third-order valence-electron chi connectivity index (χ3n) is 5.35. The number of hydrogen-bond donors (Lipinski definition) is 2. The number of nitrogens with zero attached hydrogens (tertiary/aromatic N) is 3. The van der Waals surface area contributed by atoms with Gasteiger partial charge in [0, 0.05) is 38.7 Å². The van der Waals surface area contributed by atoms with Gasteiger partial charge in [-0.25, -0.2) is 0 Å². The van der Waals surface area contributed by atoms with Crippen molar-refractivity contribution in [1.29, 1.82) is 0 Å². The van der Waals surface area contributed by atoms with E-state index in [1.807, 2.05) is 0 Å². The van der Waals surface area contributed by atoms with E-state index in [9.17, 15) is 0 Å². The van der Waals surface area contributed by atoms with Gasteiger partial charge in [0.1, 0.15) is 5.76 Å². The second-order valence-electron chi connectivity index (χ2n) is 7.32. The number of benzene rings is 1. The molecule has 0 atom stereocenters. The Kier molecular flexibility index (Phi) is 9.93. The summed E-state index contributed by atoms with van der Waals surface area (Å²) in [5.41, 5.74) is 4.81. The molecule has 0 amide bonds. The first-order valence-corrected chi connectivity index (χ1v) is 10.4. The lowest BCUT2D eigenvalue weighted by Crippen LogP contribution is -2.36. The Morgan fingerprint density at radius 3 is 2.31 bits per heavy atom. The molecular formula is C22H34IN5O. The molecule has 1 aromatic heterocycles. The van der Waals surface area contributed by atoms with Crippen molar-refractivity contribution in [3.63, 3.8) is 0 Å². The van der Waals surface area contributed by atoms with Crippen LogP contribution in [0.25, 0.3) is 0 Å². The molecule has 3 rings (SSSR count). The summed E-state index contributed by atoms with van der Waals surface area (Å²) in [7, 11) is 1.80. The van der Waals surface area contributed by atoms with E-state index in [4.69, 9.17) is 4.52 Å². The van der Waals surface area contributed by atoms with Gasteiger partial charge in [0.25, 0.3) is 0 Å². The highest BCUT2D eigenvalue weighted by molar-refractivity contribution is 14.0. The number of hydrogen-bond acceptors (Lipinski definition) is 4. The van der Waals surface area contributed by atoms with Gasteiger partial charge in [0.2, 0.25) is 0 Å². The molecule has 2 N–H and O–H groups in total. The van der Waals surface area contributed by atoms with E-state index < -0.39 is 0 Å². The lowest BCUT2D eigenvalue weighted by molar-refractivity contribution is 0.331. The van der Waals surface area contributed by atoms with Gasteiger partial charge in [-0.3, -0.25) is 9.89 Å². The maximum atomic E-state index is 5.44. The van der Waals surface area contributed by atoms with Gasteiger partial charge in [-0.1, -0.05) is 43.3 Å². The number of rotatable bonds is 8. The zero-order valence-corrected chi connectivity index (χ0v) is 20.2. The monoisotopic (exact) mass is 511 g/mol. The molecule has 0 spiro atoms. The largest absolute Gasteiger partial charge is 0.361 e. The minimum Gasteiger partial charge on any atom is -0.361 e. The molecular weight excluding hydrogens is 477 g/mol. The molecule has 29 heavy (non-hydrogen) atoms. The average molecular weight is 511 g/mol. The minimum atomic E-state index is 0. The third kappa shape index (κ3) is 6.70. The molecule has 0 radical (unpaired) electrons. The topological polar surface area (TPSA) is 65.7 Å². The van der Waals surface area contributed by atoms with E-state index in [1.54, 1.807) is 7.05 Å². The molecule has 1 saturated heterocycles. The van der Waals surface area contributed by atoms with Gasteiger partial charge in [-0.15, -0.1) is 24.0 Å². The molecule has 1 aromatic carbocycles. The summed E-state index contributed by atoms with van der Waals surface area (Å²) < 4.78 is 5.44. The number of nitrogens with one attached hydrogen (secondary N) is 2. The molecule has 1 aliphatic heterocycles. The van der Waals surface area contributed by atoms with E-state index in [0.29, 0.717) is 6.54 Å². The Labute approximate surface area is 191 Å². The summed E-state index contributed by atoms with van der Waals surface area (Å²) in [4.78, 5) is 6.86. The summed E-state index contributed by atoms with van der Waals surface area (Å²) in [5.74, 6) is 1.74. The zero-order valence-electron chi connectivity index (χ0n) is 17.8.